The Morgan fingerprint density at radius 2 is 2.00 bits per heavy atom. The molecule has 0 aliphatic rings. The third-order valence-corrected chi connectivity index (χ3v) is 3.96. The average Bonchev–Trinajstić information content (AvgIpc) is 2.34. The summed E-state index contributed by atoms with van der Waals surface area (Å²) in [6.07, 6.45) is 1.97. The fraction of sp³-hybridized carbons (Fsp3) is 0.538. The van der Waals surface area contributed by atoms with Crippen LogP contribution >= 0.6 is 0 Å². The third kappa shape index (κ3) is 5.41. The molecule has 0 radical (unpaired) electrons. The van der Waals surface area contributed by atoms with E-state index in [-0.39, 0.29) is 5.82 Å². The van der Waals surface area contributed by atoms with E-state index in [1.165, 1.54) is 12.1 Å². The molecular weight excluding hydrogens is 237 g/mol. The summed E-state index contributed by atoms with van der Waals surface area (Å²) in [6, 6.07) is 6.27. The lowest BCUT2D eigenvalue weighted by atomic mass is 10.2. The lowest BCUT2D eigenvalue weighted by Crippen LogP contribution is -2.28. The number of halogens is 1. The van der Waals surface area contributed by atoms with Crippen LogP contribution in [0.15, 0.2) is 29.2 Å². The summed E-state index contributed by atoms with van der Waals surface area (Å²) in [5.41, 5.74) is 0. The van der Waals surface area contributed by atoms with Crippen LogP contribution in [0.3, 0.4) is 0 Å². The van der Waals surface area contributed by atoms with Crippen LogP contribution in [0.2, 0.25) is 0 Å². The molecule has 0 saturated carbocycles. The molecule has 0 aliphatic carbocycles. The topological polar surface area (TPSA) is 29.1 Å². The molecule has 1 aromatic rings. The molecule has 1 N–H and O–H groups in total. The molecule has 96 valence electrons. The lowest BCUT2D eigenvalue weighted by Gasteiger charge is -2.12. The zero-order valence-electron chi connectivity index (χ0n) is 10.4. The largest absolute Gasteiger partial charge is 0.314 e. The number of nitrogens with one attached hydrogen (secondary N) is 1. The van der Waals surface area contributed by atoms with Gasteiger partial charge in [0, 0.05) is 16.7 Å². The van der Waals surface area contributed by atoms with E-state index in [1.54, 1.807) is 12.1 Å². The quantitative estimate of drug-likeness (QED) is 0.813. The summed E-state index contributed by atoms with van der Waals surface area (Å²) in [7, 11) is -1.02. The second-order valence-electron chi connectivity index (χ2n) is 4.15. The van der Waals surface area contributed by atoms with Crippen molar-refractivity contribution in [3.05, 3.63) is 30.1 Å². The van der Waals surface area contributed by atoms with Gasteiger partial charge in [-0.2, -0.15) is 0 Å². The Hall–Kier alpha value is -0.740. The number of benzene rings is 1. The van der Waals surface area contributed by atoms with Crippen molar-refractivity contribution in [2.75, 3.05) is 12.3 Å². The maximum atomic E-state index is 12.7. The molecule has 1 rings (SSSR count). The van der Waals surface area contributed by atoms with Crippen LogP contribution < -0.4 is 5.32 Å². The van der Waals surface area contributed by atoms with Crippen molar-refractivity contribution in [1.29, 1.82) is 0 Å². The van der Waals surface area contributed by atoms with Gasteiger partial charge in [-0.3, -0.25) is 4.21 Å². The van der Waals surface area contributed by atoms with Gasteiger partial charge in [-0.25, -0.2) is 4.39 Å². The zero-order valence-corrected chi connectivity index (χ0v) is 11.2. The van der Waals surface area contributed by atoms with E-state index < -0.39 is 10.8 Å². The van der Waals surface area contributed by atoms with E-state index in [4.69, 9.17) is 0 Å². The molecule has 2 unspecified atom stereocenters. The van der Waals surface area contributed by atoms with E-state index in [1.807, 2.05) is 0 Å². The second-order valence-corrected chi connectivity index (χ2v) is 5.72. The summed E-state index contributed by atoms with van der Waals surface area (Å²) < 4.78 is 24.6. The van der Waals surface area contributed by atoms with Crippen molar-refractivity contribution in [2.24, 2.45) is 0 Å². The first kappa shape index (κ1) is 14.3. The highest BCUT2D eigenvalue weighted by molar-refractivity contribution is 7.85. The minimum absolute atomic E-state index is 0.288. The third-order valence-electron chi connectivity index (χ3n) is 2.56. The monoisotopic (exact) mass is 257 g/mol. The normalized spacial score (nSPS) is 14.5. The fourth-order valence-corrected chi connectivity index (χ4v) is 2.72. The Balaban J connectivity index is 2.36. The van der Waals surface area contributed by atoms with Crippen molar-refractivity contribution in [3.63, 3.8) is 0 Å². The van der Waals surface area contributed by atoms with Crippen LogP contribution in [-0.4, -0.2) is 22.5 Å². The minimum Gasteiger partial charge on any atom is -0.314 e. The summed E-state index contributed by atoms with van der Waals surface area (Å²) in [6.45, 7) is 5.21. The molecule has 0 aliphatic heterocycles. The molecule has 2 nitrogen and oxygen atoms in total. The van der Waals surface area contributed by atoms with Crippen molar-refractivity contribution < 1.29 is 8.60 Å². The van der Waals surface area contributed by atoms with E-state index in [2.05, 4.69) is 19.2 Å². The van der Waals surface area contributed by atoms with E-state index >= 15 is 0 Å². The maximum Gasteiger partial charge on any atom is 0.123 e. The lowest BCUT2D eigenvalue weighted by molar-refractivity contribution is 0.533. The zero-order chi connectivity index (χ0) is 12.7. The highest BCUT2D eigenvalue weighted by Gasteiger charge is 2.07. The van der Waals surface area contributed by atoms with Gasteiger partial charge >= 0.3 is 0 Å². The molecule has 0 spiro atoms. The fourth-order valence-electron chi connectivity index (χ4n) is 1.48. The van der Waals surface area contributed by atoms with Crippen molar-refractivity contribution in [1.82, 2.24) is 5.32 Å². The Morgan fingerprint density at radius 3 is 2.59 bits per heavy atom. The molecule has 0 amide bonds. The van der Waals surface area contributed by atoms with Crippen molar-refractivity contribution in [3.8, 4) is 0 Å². The second kappa shape index (κ2) is 7.56. The molecular formula is C13H20FNOS. The molecule has 2 atom stereocenters. The van der Waals surface area contributed by atoms with Crippen LogP contribution in [0.25, 0.3) is 0 Å². The smallest absolute Gasteiger partial charge is 0.123 e. The van der Waals surface area contributed by atoms with Gasteiger partial charge in [0.15, 0.2) is 0 Å². The highest BCUT2D eigenvalue weighted by Crippen LogP contribution is 2.09. The first-order chi connectivity index (χ1) is 8.13. The van der Waals surface area contributed by atoms with Crippen molar-refractivity contribution >= 4 is 10.8 Å². The van der Waals surface area contributed by atoms with Gasteiger partial charge in [-0.1, -0.05) is 6.92 Å². The van der Waals surface area contributed by atoms with Crippen LogP contribution in [0, 0.1) is 5.82 Å². The predicted octanol–water partition coefficient (Wildman–Crippen LogP) is 2.71. The molecule has 0 fully saturated rings. The maximum absolute atomic E-state index is 12.7. The summed E-state index contributed by atoms with van der Waals surface area (Å²) in [5, 5.41) is 3.35. The van der Waals surface area contributed by atoms with Crippen molar-refractivity contribution in [2.45, 2.75) is 37.6 Å². The first-order valence-corrected chi connectivity index (χ1v) is 7.32. The highest BCUT2D eigenvalue weighted by atomic mass is 32.2. The number of rotatable bonds is 7. The number of hydrogen-bond acceptors (Lipinski definition) is 2. The van der Waals surface area contributed by atoms with E-state index in [0.717, 1.165) is 19.4 Å². The van der Waals surface area contributed by atoms with Crippen LogP contribution in [0.5, 0.6) is 0 Å². The SMILES string of the molecule is CCCNC(C)CCS(=O)c1ccc(F)cc1. The number of hydrogen-bond donors (Lipinski definition) is 1. The molecule has 17 heavy (non-hydrogen) atoms. The van der Waals surface area contributed by atoms with Gasteiger partial charge in [-0.05, 0) is 50.6 Å². The van der Waals surface area contributed by atoms with Gasteiger partial charge in [0.2, 0.25) is 0 Å². The van der Waals surface area contributed by atoms with Gasteiger partial charge in [0.05, 0.1) is 10.8 Å². The van der Waals surface area contributed by atoms with Crippen LogP contribution in [0.4, 0.5) is 4.39 Å². The molecule has 0 aromatic heterocycles. The summed E-state index contributed by atoms with van der Waals surface area (Å²) >= 11 is 0. The van der Waals surface area contributed by atoms with Gasteiger partial charge in [0.1, 0.15) is 5.82 Å². The summed E-state index contributed by atoms with van der Waals surface area (Å²) in [4.78, 5) is 0.703. The molecule has 1 aromatic carbocycles. The molecule has 0 heterocycles. The average molecular weight is 257 g/mol. The Kier molecular flexibility index (Phi) is 6.37. The first-order valence-electron chi connectivity index (χ1n) is 6.00. The summed E-state index contributed by atoms with van der Waals surface area (Å²) in [5.74, 6) is 0.326. The standard InChI is InChI=1S/C13H20FNOS/c1-3-9-15-11(2)8-10-17(16)13-6-4-12(14)5-7-13/h4-7,11,15H,3,8-10H2,1-2H3. The minimum atomic E-state index is -1.02. The van der Waals surface area contributed by atoms with Crippen LogP contribution in [0.1, 0.15) is 26.7 Å². The predicted molar refractivity (Wildman–Crippen MR) is 70.0 cm³/mol. The molecule has 4 heteroatoms. The van der Waals surface area contributed by atoms with Crippen LogP contribution in [-0.2, 0) is 10.8 Å². The van der Waals surface area contributed by atoms with E-state index in [9.17, 15) is 8.60 Å². The van der Waals surface area contributed by atoms with Gasteiger partial charge in [-0.15, -0.1) is 0 Å². The van der Waals surface area contributed by atoms with E-state index in [0.29, 0.717) is 16.7 Å². The molecule has 0 saturated heterocycles. The van der Waals surface area contributed by atoms with Gasteiger partial charge < -0.3 is 5.32 Å². The van der Waals surface area contributed by atoms with Gasteiger partial charge in [0.25, 0.3) is 0 Å². The Labute approximate surface area is 105 Å². The Bertz CT molecular complexity index is 353. The molecule has 0 bridgehead atoms. The Morgan fingerprint density at radius 1 is 1.35 bits per heavy atom.